The van der Waals surface area contributed by atoms with E-state index in [1.807, 2.05) is 12.1 Å². The van der Waals surface area contributed by atoms with Crippen LogP contribution in [0.5, 0.6) is 0 Å². The van der Waals surface area contributed by atoms with Crippen LogP contribution in [-0.4, -0.2) is 59.2 Å². The van der Waals surface area contributed by atoms with Gasteiger partial charge >= 0.3 is 6.03 Å². The summed E-state index contributed by atoms with van der Waals surface area (Å²) in [5, 5.41) is 0. The molecule has 2 aromatic rings. The molecule has 1 fully saturated rings. The van der Waals surface area contributed by atoms with Gasteiger partial charge in [0, 0.05) is 31.9 Å². The van der Waals surface area contributed by atoms with Crippen LogP contribution in [0, 0.1) is 0 Å². The Labute approximate surface area is 146 Å². The van der Waals surface area contributed by atoms with Crippen molar-refractivity contribution in [3.05, 3.63) is 42.1 Å². The van der Waals surface area contributed by atoms with Crippen molar-refractivity contribution >= 4 is 17.5 Å². The predicted octanol–water partition coefficient (Wildman–Crippen LogP) is 1.28. The largest absolute Gasteiger partial charge is 0.378 e. The molecule has 0 spiro atoms. The minimum atomic E-state index is -0.0704. The van der Waals surface area contributed by atoms with E-state index in [1.165, 1.54) is 0 Å². The van der Waals surface area contributed by atoms with E-state index >= 15 is 0 Å². The molecule has 2 aromatic heterocycles. The molecule has 2 amide bonds. The van der Waals surface area contributed by atoms with Crippen molar-refractivity contribution in [3.63, 3.8) is 0 Å². The highest BCUT2D eigenvalue weighted by Gasteiger charge is 2.30. The van der Waals surface area contributed by atoms with E-state index < -0.39 is 0 Å². The average molecular weight is 340 g/mol. The maximum atomic E-state index is 12.8. The molecule has 0 bridgehead atoms. The molecule has 8 heteroatoms. The molecule has 0 saturated carbocycles. The molecule has 1 saturated heterocycles. The number of amides is 2. The zero-order valence-electron chi connectivity index (χ0n) is 14.1. The number of fused-ring (bicyclic) bond motifs is 1. The maximum Gasteiger partial charge on any atom is 0.324 e. The Morgan fingerprint density at radius 1 is 1.16 bits per heavy atom. The van der Waals surface area contributed by atoms with Crippen molar-refractivity contribution in [1.82, 2.24) is 19.9 Å². The minimum absolute atomic E-state index is 0.0704. The zero-order chi connectivity index (χ0) is 17.2. The normalized spacial score (nSPS) is 18.1. The smallest absolute Gasteiger partial charge is 0.324 e. The summed E-state index contributed by atoms with van der Waals surface area (Å²) in [5.74, 6) is 0.894. The number of hydrogen-bond acceptors (Lipinski definition) is 6. The first-order valence-corrected chi connectivity index (χ1v) is 8.32. The third-order valence-corrected chi connectivity index (χ3v) is 4.54. The Morgan fingerprint density at radius 3 is 2.76 bits per heavy atom. The molecule has 0 radical (unpaired) electrons. The molecule has 2 aliphatic rings. The van der Waals surface area contributed by atoms with Crippen molar-refractivity contribution in [2.45, 2.75) is 13.1 Å². The van der Waals surface area contributed by atoms with Gasteiger partial charge in [-0.2, -0.15) is 0 Å². The van der Waals surface area contributed by atoms with Gasteiger partial charge in [0.15, 0.2) is 0 Å². The van der Waals surface area contributed by atoms with E-state index in [9.17, 15) is 4.79 Å². The molecule has 130 valence electrons. The summed E-state index contributed by atoms with van der Waals surface area (Å²) < 4.78 is 5.45. The average Bonchev–Trinajstić information content (AvgIpc) is 2.79. The van der Waals surface area contributed by atoms with Crippen LogP contribution >= 0.6 is 0 Å². The molecule has 0 aliphatic carbocycles. The van der Waals surface area contributed by atoms with E-state index in [1.54, 1.807) is 35.6 Å². The monoisotopic (exact) mass is 340 g/mol. The highest BCUT2D eigenvalue weighted by Crippen LogP contribution is 2.29. The van der Waals surface area contributed by atoms with Crippen LogP contribution in [0.25, 0.3) is 0 Å². The SMILES string of the molecule is CN1Cc2ncnc(N3CCOCC3)c2CN(c2cccnc2)C1=O. The fraction of sp³-hybridized carbons (Fsp3) is 0.412. The molecule has 8 nitrogen and oxygen atoms in total. The first-order chi connectivity index (χ1) is 12.2. The number of urea groups is 1. The van der Waals surface area contributed by atoms with Crippen molar-refractivity contribution in [2.75, 3.05) is 43.2 Å². The number of nitrogens with zero attached hydrogens (tertiary/aromatic N) is 6. The van der Waals surface area contributed by atoms with Crippen LogP contribution < -0.4 is 9.80 Å². The third kappa shape index (κ3) is 3.00. The standard InChI is InChI=1S/C17H20N6O2/c1-21-11-15-14(10-23(17(21)24)13-3-2-4-18-9-13)16(20-12-19-15)22-5-7-25-8-6-22/h2-4,9,12H,5-8,10-11H2,1H3. The van der Waals surface area contributed by atoms with Crippen molar-refractivity contribution < 1.29 is 9.53 Å². The Balaban J connectivity index is 1.76. The molecular formula is C17H20N6O2. The van der Waals surface area contributed by atoms with E-state index in [-0.39, 0.29) is 6.03 Å². The lowest BCUT2D eigenvalue weighted by molar-refractivity contribution is 0.122. The van der Waals surface area contributed by atoms with Crippen molar-refractivity contribution in [2.24, 2.45) is 0 Å². The Kier molecular flexibility index (Phi) is 4.19. The van der Waals surface area contributed by atoms with Gasteiger partial charge in [0.2, 0.25) is 0 Å². The predicted molar refractivity (Wildman–Crippen MR) is 92.3 cm³/mol. The lowest BCUT2D eigenvalue weighted by Gasteiger charge is -2.30. The van der Waals surface area contributed by atoms with Crippen LogP contribution in [0.4, 0.5) is 16.3 Å². The summed E-state index contributed by atoms with van der Waals surface area (Å²) in [6.07, 6.45) is 4.99. The van der Waals surface area contributed by atoms with Gasteiger partial charge in [-0.05, 0) is 12.1 Å². The minimum Gasteiger partial charge on any atom is -0.378 e. The summed E-state index contributed by atoms with van der Waals surface area (Å²) in [5.41, 5.74) is 2.65. The molecule has 0 atom stereocenters. The molecule has 4 rings (SSSR count). The van der Waals surface area contributed by atoms with Crippen LogP contribution in [0.1, 0.15) is 11.3 Å². The van der Waals surface area contributed by atoms with Crippen LogP contribution in [0.15, 0.2) is 30.9 Å². The first-order valence-electron chi connectivity index (χ1n) is 8.32. The lowest BCUT2D eigenvalue weighted by atomic mass is 10.1. The second-order valence-corrected chi connectivity index (χ2v) is 6.16. The van der Waals surface area contributed by atoms with E-state index in [0.717, 1.165) is 35.9 Å². The molecule has 25 heavy (non-hydrogen) atoms. The van der Waals surface area contributed by atoms with Crippen LogP contribution in [0.3, 0.4) is 0 Å². The maximum absolute atomic E-state index is 12.8. The quantitative estimate of drug-likeness (QED) is 0.820. The number of pyridine rings is 1. The molecule has 4 heterocycles. The number of rotatable bonds is 2. The molecule has 0 unspecified atom stereocenters. The molecule has 0 aromatic carbocycles. The number of carbonyl (C=O) groups excluding carboxylic acids is 1. The van der Waals surface area contributed by atoms with Gasteiger partial charge in [-0.3, -0.25) is 9.88 Å². The molecular weight excluding hydrogens is 320 g/mol. The van der Waals surface area contributed by atoms with Gasteiger partial charge in [-0.1, -0.05) is 0 Å². The van der Waals surface area contributed by atoms with Crippen molar-refractivity contribution in [3.8, 4) is 0 Å². The van der Waals surface area contributed by atoms with Gasteiger partial charge < -0.3 is 14.5 Å². The number of carbonyl (C=O) groups is 1. The number of aromatic nitrogens is 3. The summed E-state index contributed by atoms with van der Waals surface area (Å²) in [7, 11) is 1.79. The summed E-state index contributed by atoms with van der Waals surface area (Å²) >= 11 is 0. The molecule has 2 aliphatic heterocycles. The number of anilines is 2. The van der Waals surface area contributed by atoms with Gasteiger partial charge in [-0.15, -0.1) is 0 Å². The van der Waals surface area contributed by atoms with Gasteiger partial charge in [-0.25, -0.2) is 14.8 Å². The first kappa shape index (κ1) is 15.8. The van der Waals surface area contributed by atoms with Gasteiger partial charge in [0.1, 0.15) is 12.1 Å². The highest BCUT2D eigenvalue weighted by atomic mass is 16.5. The Morgan fingerprint density at radius 2 is 2.00 bits per heavy atom. The summed E-state index contributed by atoms with van der Waals surface area (Å²) in [6.45, 7) is 3.84. The number of hydrogen-bond donors (Lipinski definition) is 0. The zero-order valence-corrected chi connectivity index (χ0v) is 14.1. The number of ether oxygens (including phenoxy) is 1. The topological polar surface area (TPSA) is 74.7 Å². The van der Waals surface area contributed by atoms with E-state index in [4.69, 9.17) is 4.74 Å². The Hall–Kier alpha value is -2.74. The van der Waals surface area contributed by atoms with E-state index in [2.05, 4.69) is 19.9 Å². The molecule has 0 N–H and O–H groups in total. The fourth-order valence-corrected chi connectivity index (χ4v) is 3.22. The van der Waals surface area contributed by atoms with Crippen LogP contribution in [-0.2, 0) is 17.8 Å². The third-order valence-electron chi connectivity index (χ3n) is 4.54. The van der Waals surface area contributed by atoms with E-state index in [0.29, 0.717) is 26.3 Å². The summed E-state index contributed by atoms with van der Waals surface area (Å²) in [6, 6.07) is 3.65. The second-order valence-electron chi connectivity index (χ2n) is 6.16. The number of morpholine rings is 1. The second kappa shape index (κ2) is 6.64. The van der Waals surface area contributed by atoms with Crippen molar-refractivity contribution in [1.29, 1.82) is 0 Å². The highest BCUT2D eigenvalue weighted by molar-refractivity contribution is 5.92. The van der Waals surface area contributed by atoms with Gasteiger partial charge in [0.25, 0.3) is 0 Å². The van der Waals surface area contributed by atoms with Crippen LogP contribution in [0.2, 0.25) is 0 Å². The fourth-order valence-electron chi connectivity index (χ4n) is 3.22. The summed E-state index contributed by atoms with van der Waals surface area (Å²) in [4.78, 5) is 31.6. The Bertz CT molecular complexity index is 763. The lowest BCUT2D eigenvalue weighted by Crippen LogP contribution is -2.39. The van der Waals surface area contributed by atoms with Gasteiger partial charge in [0.05, 0.1) is 43.9 Å².